The largest absolute Gasteiger partial charge is 0.450 e. The number of piperazine rings is 2. The lowest BCUT2D eigenvalue weighted by Gasteiger charge is -2.38. The molecule has 2 aromatic heterocycles. The number of nitrogen functional groups attached to an aromatic ring is 1. The summed E-state index contributed by atoms with van der Waals surface area (Å²) in [6.45, 7) is 8.02. The van der Waals surface area contributed by atoms with Crippen molar-refractivity contribution in [1.82, 2.24) is 19.9 Å². The number of carbonyl (C=O) groups excluding carboxylic acids is 1. The van der Waals surface area contributed by atoms with Crippen molar-refractivity contribution >= 4 is 29.2 Å². The summed E-state index contributed by atoms with van der Waals surface area (Å²) in [5.41, 5.74) is 7.08. The van der Waals surface area contributed by atoms with Gasteiger partial charge < -0.3 is 30.1 Å². The van der Waals surface area contributed by atoms with Gasteiger partial charge in [0.15, 0.2) is 11.6 Å². The van der Waals surface area contributed by atoms with Crippen molar-refractivity contribution in [3.8, 4) is 0 Å². The van der Waals surface area contributed by atoms with Crippen LogP contribution in [0.15, 0.2) is 30.7 Å². The van der Waals surface area contributed by atoms with E-state index in [1.807, 2.05) is 31.3 Å². The predicted molar refractivity (Wildman–Crippen MR) is 116 cm³/mol. The molecule has 2 aromatic rings. The second kappa shape index (κ2) is 9.02. The summed E-state index contributed by atoms with van der Waals surface area (Å²) in [6, 6.07) is 5.96. The first-order valence-corrected chi connectivity index (χ1v) is 10.4. The summed E-state index contributed by atoms with van der Waals surface area (Å²) in [5, 5.41) is 0. The number of nitrogens with two attached hydrogens (primary N) is 1. The molecule has 2 aliphatic rings. The number of nitrogens with zero attached hydrogens (tertiary/aromatic N) is 7. The Morgan fingerprint density at radius 3 is 2.10 bits per heavy atom. The first kappa shape index (κ1) is 20.0. The number of rotatable bonds is 4. The SMILES string of the molecule is CCOC(=O)N1CCN(c2ncnc(N3CCN(c4ccccn4)CC3)c2N)CC1. The average Bonchev–Trinajstić information content (AvgIpc) is 2.80. The fourth-order valence-electron chi connectivity index (χ4n) is 3.89. The first-order chi connectivity index (χ1) is 14.7. The van der Waals surface area contributed by atoms with Crippen molar-refractivity contribution in [3.63, 3.8) is 0 Å². The number of hydrogen-bond acceptors (Lipinski definition) is 9. The molecule has 160 valence electrons. The number of hydrogen-bond donors (Lipinski definition) is 1. The molecule has 2 fully saturated rings. The van der Waals surface area contributed by atoms with Gasteiger partial charge in [0.2, 0.25) is 0 Å². The van der Waals surface area contributed by atoms with Crippen LogP contribution in [-0.2, 0) is 4.74 Å². The third-order valence-electron chi connectivity index (χ3n) is 5.50. The van der Waals surface area contributed by atoms with Crippen LogP contribution in [0.2, 0.25) is 0 Å². The van der Waals surface area contributed by atoms with E-state index in [2.05, 4.69) is 29.7 Å². The molecule has 0 radical (unpaired) electrons. The Bertz CT molecular complexity index is 849. The van der Waals surface area contributed by atoms with E-state index in [1.54, 1.807) is 11.2 Å². The first-order valence-electron chi connectivity index (χ1n) is 10.4. The molecule has 4 rings (SSSR count). The highest BCUT2D eigenvalue weighted by atomic mass is 16.6. The lowest BCUT2D eigenvalue weighted by molar-refractivity contribution is 0.105. The van der Waals surface area contributed by atoms with Gasteiger partial charge in [-0.1, -0.05) is 6.07 Å². The lowest BCUT2D eigenvalue weighted by atomic mass is 10.2. The summed E-state index contributed by atoms with van der Waals surface area (Å²) in [4.78, 5) is 33.6. The Labute approximate surface area is 176 Å². The molecule has 1 amide bonds. The molecule has 0 unspecified atom stereocenters. The maximum atomic E-state index is 11.9. The van der Waals surface area contributed by atoms with Gasteiger partial charge >= 0.3 is 6.09 Å². The van der Waals surface area contributed by atoms with Crippen LogP contribution in [0.1, 0.15) is 6.92 Å². The van der Waals surface area contributed by atoms with Crippen LogP contribution in [-0.4, -0.2) is 84.9 Å². The zero-order valence-electron chi connectivity index (χ0n) is 17.3. The van der Waals surface area contributed by atoms with Gasteiger partial charge in [0, 0.05) is 58.6 Å². The monoisotopic (exact) mass is 412 g/mol. The van der Waals surface area contributed by atoms with Crippen LogP contribution < -0.4 is 20.4 Å². The van der Waals surface area contributed by atoms with Gasteiger partial charge in [-0.3, -0.25) is 0 Å². The van der Waals surface area contributed by atoms with Crippen LogP contribution >= 0.6 is 0 Å². The molecule has 0 saturated carbocycles. The minimum absolute atomic E-state index is 0.265. The number of ether oxygens (including phenoxy) is 1. The van der Waals surface area contributed by atoms with Crippen molar-refractivity contribution < 1.29 is 9.53 Å². The number of amides is 1. The van der Waals surface area contributed by atoms with Gasteiger partial charge in [0.25, 0.3) is 0 Å². The van der Waals surface area contributed by atoms with Crippen LogP contribution in [0.4, 0.5) is 27.9 Å². The van der Waals surface area contributed by atoms with Crippen LogP contribution in [0.25, 0.3) is 0 Å². The third-order valence-corrected chi connectivity index (χ3v) is 5.50. The van der Waals surface area contributed by atoms with Crippen molar-refractivity contribution in [2.45, 2.75) is 6.92 Å². The Hall–Kier alpha value is -3.30. The van der Waals surface area contributed by atoms with Gasteiger partial charge in [-0.25, -0.2) is 19.7 Å². The molecule has 0 aliphatic carbocycles. The Balaban J connectivity index is 1.40. The maximum absolute atomic E-state index is 11.9. The van der Waals surface area contributed by atoms with Gasteiger partial charge in [-0.05, 0) is 19.1 Å². The number of carbonyl (C=O) groups is 1. The fourth-order valence-corrected chi connectivity index (χ4v) is 3.89. The molecule has 2 aliphatic heterocycles. The molecule has 2 N–H and O–H groups in total. The van der Waals surface area contributed by atoms with E-state index in [4.69, 9.17) is 10.5 Å². The van der Waals surface area contributed by atoms with Crippen molar-refractivity contribution in [3.05, 3.63) is 30.7 Å². The molecule has 0 spiro atoms. The van der Waals surface area contributed by atoms with Gasteiger partial charge in [-0.15, -0.1) is 0 Å². The minimum atomic E-state index is -0.265. The molecule has 0 atom stereocenters. The maximum Gasteiger partial charge on any atom is 0.409 e. The van der Waals surface area contributed by atoms with E-state index >= 15 is 0 Å². The molecule has 30 heavy (non-hydrogen) atoms. The highest BCUT2D eigenvalue weighted by molar-refractivity contribution is 5.76. The molecule has 0 bridgehead atoms. The molecular formula is C20H28N8O2. The highest BCUT2D eigenvalue weighted by Crippen LogP contribution is 2.30. The standard InChI is InChI=1S/C20H28N8O2/c1-2-30-20(29)28-13-11-27(12-14-28)19-17(21)18(23-15-24-19)26-9-7-25(8-10-26)16-5-3-4-6-22-16/h3-6,15H,2,7-14,21H2,1H3. The fraction of sp³-hybridized carbons (Fsp3) is 0.500. The molecule has 10 heteroatoms. The van der Waals surface area contributed by atoms with E-state index in [0.29, 0.717) is 38.5 Å². The topological polar surface area (TPSA) is 104 Å². The average molecular weight is 412 g/mol. The normalized spacial score (nSPS) is 17.2. The number of anilines is 4. The summed E-state index contributed by atoms with van der Waals surface area (Å²) in [5.74, 6) is 2.50. The minimum Gasteiger partial charge on any atom is -0.450 e. The smallest absolute Gasteiger partial charge is 0.409 e. The van der Waals surface area contributed by atoms with E-state index in [0.717, 1.165) is 43.6 Å². The lowest BCUT2D eigenvalue weighted by Crippen LogP contribution is -2.49. The van der Waals surface area contributed by atoms with E-state index in [1.165, 1.54) is 0 Å². The van der Waals surface area contributed by atoms with Crippen LogP contribution in [0, 0.1) is 0 Å². The quantitative estimate of drug-likeness (QED) is 0.789. The van der Waals surface area contributed by atoms with Crippen LogP contribution in [0.3, 0.4) is 0 Å². The molecular weight excluding hydrogens is 384 g/mol. The zero-order chi connectivity index (χ0) is 20.9. The summed E-state index contributed by atoms with van der Waals surface area (Å²) < 4.78 is 5.09. The molecule has 0 aromatic carbocycles. The van der Waals surface area contributed by atoms with Crippen molar-refractivity contribution in [2.24, 2.45) is 0 Å². The van der Waals surface area contributed by atoms with Gasteiger partial charge in [0.05, 0.1) is 6.61 Å². The number of pyridine rings is 1. The summed E-state index contributed by atoms with van der Waals surface area (Å²) in [7, 11) is 0. The Morgan fingerprint density at radius 2 is 1.53 bits per heavy atom. The van der Waals surface area contributed by atoms with E-state index in [-0.39, 0.29) is 6.09 Å². The number of aromatic nitrogens is 3. The second-order valence-corrected chi connectivity index (χ2v) is 7.27. The Kier molecular flexibility index (Phi) is 6.01. The highest BCUT2D eigenvalue weighted by Gasteiger charge is 2.27. The summed E-state index contributed by atoms with van der Waals surface area (Å²) in [6.07, 6.45) is 3.13. The third kappa shape index (κ3) is 4.17. The van der Waals surface area contributed by atoms with Crippen molar-refractivity contribution in [1.29, 1.82) is 0 Å². The van der Waals surface area contributed by atoms with Crippen LogP contribution in [0.5, 0.6) is 0 Å². The van der Waals surface area contributed by atoms with Gasteiger partial charge in [0.1, 0.15) is 17.8 Å². The molecule has 10 nitrogen and oxygen atoms in total. The Morgan fingerprint density at radius 1 is 0.933 bits per heavy atom. The predicted octanol–water partition coefficient (Wildman–Crippen LogP) is 1.06. The van der Waals surface area contributed by atoms with E-state index in [9.17, 15) is 4.79 Å². The molecule has 2 saturated heterocycles. The van der Waals surface area contributed by atoms with Gasteiger partial charge in [-0.2, -0.15) is 0 Å². The zero-order valence-corrected chi connectivity index (χ0v) is 17.3. The second-order valence-electron chi connectivity index (χ2n) is 7.27. The summed E-state index contributed by atoms with van der Waals surface area (Å²) >= 11 is 0. The molecule has 4 heterocycles. The van der Waals surface area contributed by atoms with E-state index < -0.39 is 0 Å². The van der Waals surface area contributed by atoms with Crippen molar-refractivity contribution in [2.75, 3.05) is 79.4 Å².